The first-order valence-corrected chi connectivity index (χ1v) is 6.25. The maximum atomic E-state index is 8.74. The van der Waals surface area contributed by atoms with E-state index >= 15 is 0 Å². The van der Waals surface area contributed by atoms with Gasteiger partial charge in [-0.05, 0) is 32.4 Å². The molecule has 0 bridgehead atoms. The smallest absolute Gasteiger partial charge is 0.110 e. The Morgan fingerprint density at radius 3 is 2.73 bits per heavy atom. The second-order valence-corrected chi connectivity index (χ2v) is 5.01. The maximum absolute atomic E-state index is 8.74. The zero-order valence-electron chi connectivity index (χ0n) is 9.58. The lowest BCUT2D eigenvalue weighted by Crippen LogP contribution is -2.28. The lowest BCUT2D eigenvalue weighted by molar-refractivity contribution is 0.456. The Hall–Kier alpha value is -0.850. The highest BCUT2D eigenvalue weighted by Crippen LogP contribution is 2.23. The van der Waals surface area contributed by atoms with E-state index in [1.165, 1.54) is 17.7 Å². The van der Waals surface area contributed by atoms with E-state index in [2.05, 4.69) is 32.2 Å². The molecule has 1 aromatic rings. The van der Waals surface area contributed by atoms with Crippen molar-refractivity contribution in [1.82, 2.24) is 5.32 Å². The van der Waals surface area contributed by atoms with Crippen molar-refractivity contribution in [1.29, 1.82) is 5.26 Å². The predicted octanol–water partition coefficient (Wildman–Crippen LogP) is 3.46. The fraction of sp³-hybridized carbons (Fsp3) is 0.583. The van der Waals surface area contributed by atoms with Crippen LogP contribution in [0.1, 0.15) is 49.4 Å². The summed E-state index contributed by atoms with van der Waals surface area (Å²) in [6.45, 7) is 6.56. The molecule has 2 unspecified atom stereocenters. The zero-order valence-corrected chi connectivity index (χ0v) is 10.4. The Morgan fingerprint density at radius 2 is 2.20 bits per heavy atom. The molecule has 15 heavy (non-hydrogen) atoms. The Labute approximate surface area is 95.9 Å². The van der Waals surface area contributed by atoms with Gasteiger partial charge in [-0.25, -0.2) is 0 Å². The fourth-order valence-electron chi connectivity index (χ4n) is 1.67. The quantitative estimate of drug-likeness (QED) is 0.828. The van der Waals surface area contributed by atoms with Crippen LogP contribution >= 0.6 is 11.3 Å². The van der Waals surface area contributed by atoms with Gasteiger partial charge in [0.25, 0.3) is 0 Å². The highest BCUT2D eigenvalue weighted by molar-refractivity contribution is 7.12. The van der Waals surface area contributed by atoms with Gasteiger partial charge in [-0.3, -0.25) is 0 Å². The average Bonchev–Trinajstić information content (AvgIpc) is 2.66. The molecule has 1 aromatic heterocycles. The van der Waals surface area contributed by atoms with Crippen molar-refractivity contribution in [3.8, 4) is 6.07 Å². The van der Waals surface area contributed by atoms with Crippen LogP contribution in [0.5, 0.6) is 0 Å². The van der Waals surface area contributed by atoms with Gasteiger partial charge in [0.05, 0.1) is 0 Å². The van der Waals surface area contributed by atoms with Crippen molar-refractivity contribution in [2.75, 3.05) is 0 Å². The first-order chi connectivity index (χ1) is 7.17. The van der Waals surface area contributed by atoms with Crippen molar-refractivity contribution in [3.63, 3.8) is 0 Å². The third kappa shape index (κ3) is 3.65. The van der Waals surface area contributed by atoms with Gasteiger partial charge in [-0.2, -0.15) is 5.26 Å². The summed E-state index contributed by atoms with van der Waals surface area (Å²) in [5.74, 6) is 0. The molecule has 2 nitrogen and oxygen atoms in total. The molecule has 1 N–H and O–H groups in total. The SMILES string of the molecule is CCCC(C)NC(C)c1ccc(C#N)s1. The summed E-state index contributed by atoms with van der Waals surface area (Å²) in [5.41, 5.74) is 0. The summed E-state index contributed by atoms with van der Waals surface area (Å²) >= 11 is 1.58. The van der Waals surface area contributed by atoms with Crippen molar-refractivity contribution in [2.24, 2.45) is 0 Å². The van der Waals surface area contributed by atoms with E-state index in [1.54, 1.807) is 11.3 Å². The largest absolute Gasteiger partial charge is 0.307 e. The van der Waals surface area contributed by atoms with Gasteiger partial charge >= 0.3 is 0 Å². The Balaban J connectivity index is 2.53. The molecule has 0 aromatic carbocycles. The lowest BCUT2D eigenvalue weighted by atomic mass is 10.1. The molecule has 0 saturated carbocycles. The van der Waals surface area contributed by atoms with E-state index in [0.717, 1.165) is 4.88 Å². The number of rotatable bonds is 5. The molecular formula is C12H18N2S. The van der Waals surface area contributed by atoms with Crippen molar-refractivity contribution in [2.45, 2.75) is 45.7 Å². The van der Waals surface area contributed by atoms with Crippen LogP contribution in [0.2, 0.25) is 0 Å². The standard InChI is InChI=1S/C12H18N2S/c1-4-5-9(2)14-10(3)12-7-6-11(8-13)15-12/h6-7,9-10,14H,4-5H2,1-3H3. The Morgan fingerprint density at radius 1 is 1.47 bits per heavy atom. The van der Waals surface area contributed by atoms with Crippen LogP contribution < -0.4 is 5.32 Å². The van der Waals surface area contributed by atoms with Gasteiger partial charge in [0.1, 0.15) is 10.9 Å². The molecule has 0 amide bonds. The summed E-state index contributed by atoms with van der Waals surface area (Å²) < 4.78 is 0. The molecule has 0 aliphatic rings. The second-order valence-electron chi connectivity index (χ2n) is 3.89. The third-order valence-corrected chi connectivity index (χ3v) is 3.59. The van der Waals surface area contributed by atoms with Crippen LogP contribution in [-0.4, -0.2) is 6.04 Å². The predicted molar refractivity (Wildman–Crippen MR) is 65.0 cm³/mol. The molecule has 3 heteroatoms. The van der Waals surface area contributed by atoms with Crippen molar-refractivity contribution < 1.29 is 0 Å². The zero-order chi connectivity index (χ0) is 11.3. The number of nitrogens with one attached hydrogen (secondary N) is 1. The van der Waals surface area contributed by atoms with Gasteiger partial charge in [0.2, 0.25) is 0 Å². The number of hydrogen-bond acceptors (Lipinski definition) is 3. The second kappa shape index (κ2) is 5.89. The van der Waals surface area contributed by atoms with E-state index in [1.807, 2.05) is 12.1 Å². The van der Waals surface area contributed by atoms with E-state index in [9.17, 15) is 0 Å². The molecule has 1 rings (SSSR count). The van der Waals surface area contributed by atoms with Crippen LogP contribution in [0.3, 0.4) is 0 Å². The first kappa shape index (κ1) is 12.2. The molecule has 82 valence electrons. The van der Waals surface area contributed by atoms with E-state index in [4.69, 9.17) is 5.26 Å². The Bertz CT molecular complexity index is 338. The number of hydrogen-bond donors (Lipinski definition) is 1. The van der Waals surface area contributed by atoms with Crippen LogP contribution in [0.4, 0.5) is 0 Å². The molecule has 1 heterocycles. The highest BCUT2D eigenvalue weighted by atomic mass is 32.1. The number of nitrogens with zero attached hydrogens (tertiary/aromatic N) is 1. The first-order valence-electron chi connectivity index (χ1n) is 5.43. The lowest BCUT2D eigenvalue weighted by Gasteiger charge is -2.18. The normalized spacial score (nSPS) is 14.5. The molecule has 0 fully saturated rings. The molecule has 0 spiro atoms. The van der Waals surface area contributed by atoms with Gasteiger partial charge < -0.3 is 5.32 Å². The number of nitriles is 1. The van der Waals surface area contributed by atoms with Crippen molar-refractivity contribution >= 4 is 11.3 Å². The monoisotopic (exact) mass is 222 g/mol. The van der Waals surface area contributed by atoms with E-state index < -0.39 is 0 Å². The molecule has 0 aliphatic heterocycles. The minimum absolute atomic E-state index is 0.346. The molecular weight excluding hydrogens is 204 g/mol. The summed E-state index contributed by atoms with van der Waals surface area (Å²) in [5, 5.41) is 12.3. The maximum Gasteiger partial charge on any atom is 0.110 e. The van der Waals surface area contributed by atoms with Gasteiger partial charge in [0, 0.05) is 17.0 Å². The minimum atomic E-state index is 0.346. The average molecular weight is 222 g/mol. The van der Waals surface area contributed by atoms with Crippen LogP contribution in [0.15, 0.2) is 12.1 Å². The third-order valence-electron chi connectivity index (χ3n) is 2.42. The highest BCUT2D eigenvalue weighted by Gasteiger charge is 2.10. The summed E-state index contributed by atoms with van der Waals surface area (Å²) in [7, 11) is 0. The minimum Gasteiger partial charge on any atom is -0.307 e. The van der Waals surface area contributed by atoms with Gasteiger partial charge in [-0.15, -0.1) is 11.3 Å². The van der Waals surface area contributed by atoms with Crippen LogP contribution in [0, 0.1) is 11.3 Å². The fourth-order valence-corrected chi connectivity index (χ4v) is 2.49. The van der Waals surface area contributed by atoms with Gasteiger partial charge in [0.15, 0.2) is 0 Å². The molecule has 0 saturated heterocycles. The summed E-state index contributed by atoms with van der Waals surface area (Å²) in [6.07, 6.45) is 2.40. The summed E-state index contributed by atoms with van der Waals surface area (Å²) in [4.78, 5) is 2.04. The molecule has 0 aliphatic carbocycles. The molecule has 2 atom stereocenters. The summed E-state index contributed by atoms with van der Waals surface area (Å²) in [6, 6.07) is 6.99. The Kier molecular flexibility index (Phi) is 4.80. The van der Waals surface area contributed by atoms with E-state index in [0.29, 0.717) is 12.1 Å². The van der Waals surface area contributed by atoms with Gasteiger partial charge in [-0.1, -0.05) is 13.3 Å². The molecule has 0 radical (unpaired) electrons. The number of thiophene rings is 1. The van der Waals surface area contributed by atoms with Crippen LogP contribution in [0.25, 0.3) is 0 Å². The van der Waals surface area contributed by atoms with E-state index in [-0.39, 0.29) is 0 Å². The van der Waals surface area contributed by atoms with Crippen LogP contribution in [-0.2, 0) is 0 Å². The topological polar surface area (TPSA) is 35.8 Å². The van der Waals surface area contributed by atoms with Crippen molar-refractivity contribution in [3.05, 3.63) is 21.9 Å².